The molecule has 1 fully saturated rings. The van der Waals surface area contributed by atoms with Crippen LogP contribution in [0.1, 0.15) is 37.2 Å². The number of aromatic nitrogens is 2. The maximum atomic E-state index is 4.69. The SMILES string of the molecule is CCc1nn(C)c(CC)c1CNC(=NC)N1CCC(CSc2ccccc2)C1.I. The smallest absolute Gasteiger partial charge is 0.193 e. The van der Waals surface area contributed by atoms with Gasteiger partial charge in [0.25, 0.3) is 0 Å². The maximum absolute atomic E-state index is 4.69. The Hall–Kier alpha value is -1.22. The molecule has 0 aliphatic carbocycles. The Balaban J connectivity index is 0.00000300. The van der Waals surface area contributed by atoms with Gasteiger partial charge in [0.1, 0.15) is 0 Å². The number of aliphatic imine (C=N–C) groups is 1. The molecule has 2 heterocycles. The van der Waals surface area contributed by atoms with Crippen molar-refractivity contribution in [2.75, 3.05) is 25.9 Å². The molecule has 1 saturated heterocycles. The second kappa shape index (κ2) is 11.8. The molecule has 2 aromatic rings. The van der Waals surface area contributed by atoms with Crippen LogP contribution in [0.4, 0.5) is 0 Å². The van der Waals surface area contributed by atoms with Crippen LogP contribution >= 0.6 is 35.7 Å². The van der Waals surface area contributed by atoms with Crippen LogP contribution < -0.4 is 5.32 Å². The molecule has 160 valence electrons. The molecule has 3 rings (SSSR count). The van der Waals surface area contributed by atoms with E-state index in [1.54, 1.807) is 0 Å². The summed E-state index contributed by atoms with van der Waals surface area (Å²) in [7, 11) is 3.94. The minimum Gasteiger partial charge on any atom is -0.352 e. The van der Waals surface area contributed by atoms with Crippen LogP contribution in [0.2, 0.25) is 0 Å². The van der Waals surface area contributed by atoms with Gasteiger partial charge in [-0.3, -0.25) is 9.67 Å². The normalized spacial score (nSPS) is 16.8. The molecule has 1 aliphatic heterocycles. The topological polar surface area (TPSA) is 45.5 Å². The summed E-state index contributed by atoms with van der Waals surface area (Å²) in [5.41, 5.74) is 3.85. The largest absolute Gasteiger partial charge is 0.352 e. The van der Waals surface area contributed by atoms with E-state index in [0.29, 0.717) is 5.92 Å². The summed E-state index contributed by atoms with van der Waals surface area (Å²) in [5.74, 6) is 2.89. The van der Waals surface area contributed by atoms with E-state index in [0.717, 1.165) is 38.4 Å². The first-order chi connectivity index (χ1) is 13.7. The molecule has 1 aromatic heterocycles. The Kier molecular flexibility index (Phi) is 9.82. The number of rotatable bonds is 7. The molecule has 0 radical (unpaired) electrons. The third-order valence-corrected chi connectivity index (χ3v) is 6.72. The number of guanidine groups is 1. The highest BCUT2D eigenvalue weighted by Crippen LogP contribution is 2.26. The van der Waals surface area contributed by atoms with Crippen molar-refractivity contribution in [1.82, 2.24) is 20.0 Å². The van der Waals surface area contributed by atoms with Crippen LogP contribution in [0.15, 0.2) is 40.2 Å². The van der Waals surface area contributed by atoms with E-state index in [2.05, 4.69) is 64.5 Å². The van der Waals surface area contributed by atoms with Crippen LogP contribution in [-0.2, 0) is 26.4 Å². The summed E-state index contributed by atoms with van der Waals surface area (Å²) >= 11 is 1.96. The molecule has 0 bridgehead atoms. The van der Waals surface area contributed by atoms with Crippen LogP contribution in [0.5, 0.6) is 0 Å². The number of benzene rings is 1. The number of nitrogens with one attached hydrogen (secondary N) is 1. The molecular formula is C22H34IN5S. The van der Waals surface area contributed by atoms with Crippen molar-refractivity contribution in [2.45, 2.75) is 44.6 Å². The van der Waals surface area contributed by atoms with Crippen molar-refractivity contribution in [3.8, 4) is 0 Å². The molecule has 29 heavy (non-hydrogen) atoms. The third kappa shape index (κ3) is 6.13. The highest BCUT2D eigenvalue weighted by Gasteiger charge is 2.25. The van der Waals surface area contributed by atoms with Crippen molar-refractivity contribution in [3.63, 3.8) is 0 Å². The monoisotopic (exact) mass is 527 g/mol. The molecule has 7 heteroatoms. The number of hydrogen-bond donors (Lipinski definition) is 1. The van der Waals surface area contributed by atoms with Gasteiger partial charge in [0.15, 0.2) is 5.96 Å². The summed E-state index contributed by atoms with van der Waals surface area (Å²) in [5, 5.41) is 8.29. The zero-order valence-electron chi connectivity index (χ0n) is 18.0. The van der Waals surface area contributed by atoms with Gasteiger partial charge in [-0.25, -0.2) is 0 Å². The summed E-state index contributed by atoms with van der Waals surface area (Å²) in [6.07, 6.45) is 3.20. The standard InChI is InChI=1S/C22H33N5S.HI/c1-5-20-19(21(6-2)26(4)25-20)14-24-22(23-3)27-13-12-17(15-27)16-28-18-10-8-7-9-11-18;/h7-11,17H,5-6,12-16H2,1-4H3,(H,23,24);1H. The second-order valence-corrected chi connectivity index (χ2v) is 8.42. The first-order valence-electron chi connectivity index (χ1n) is 10.3. The minimum atomic E-state index is 0. The lowest BCUT2D eigenvalue weighted by Crippen LogP contribution is -2.40. The highest BCUT2D eigenvalue weighted by atomic mass is 127. The van der Waals surface area contributed by atoms with Gasteiger partial charge in [0.05, 0.1) is 5.69 Å². The van der Waals surface area contributed by atoms with Gasteiger partial charge >= 0.3 is 0 Å². The average Bonchev–Trinajstić information content (AvgIpc) is 3.31. The van der Waals surface area contributed by atoms with Crippen molar-refractivity contribution in [2.24, 2.45) is 18.0 Å². The zero-order valence-corrected chi connectivity index (χ0v) is 21.2. The van der Waals surface area contributed by atoms with E-state index < -0.39 is 0 Å². The molecule has 1 aliphatic rings. The number of thioether (sulfide) groups is 1. The summed E-state index contributed by atoms with van der Waals surface area (Å²) in [6, 6.07) is 10.7. The van der Waals surface area contributed by atoms with E-state index >= 15 is 0 Å². The minimum absolute atomic E-state index is 0. The van der Waals surface area contributed by atoms with Gasteiger partial charge in [-0.15, -0.1) is 35.7 Å². The summed E-state index contributed by atoms with van der Waals surface area (Å²) < 4.78 is 2.03. The van der Waals surface area contributed by atoms with E-state index in [1.807, 2.05) is 30.5 Å². The second-order valence-electron chi connectivity index (χ2n) is 7.33. The molecule has 1 N–H and O–H groups in total. The fourth-order valence-electron chi connectivity index (χ4n) is 3.99. The summed E-state index contributed by atoms with van der Waals surface area (Å²) in [4.78, 5) is 8.32. The lowest BCUT2D eigenvalue weighted by Gasteiger charge is -2.22. The van der Waals surface area contributed by atoms with Crippen molar-refractivity contribution in [1.29, 1.82) is 0 Å². The number of likely N-dealkylation sites (tertiary alicyclic amines) is 1. The molecule has 1 unspecified atom stereocenters. The highest BCUT2D eigenvalue weighted by molar-refractivity contribution is 14.0. The molecule has 5 nitrogen and oxygen atoms in total. The molecule has 0 amide bonds. The Morgan fingerprint density at radius 2 is 2.00 bits per heavy atom. The van der Waals surface area contributed by atoms with Crippen LogP contribution in [0.25, 0.3) is 0 Å². The third-order valence-electron chi connectivity index (χ3n) is 5.48. The van der Waals surface area contributed by atoms with Gasteiger partial charge in [-0.05, 0) is 37.3 Å². The quantitative estimate of drug-likeness (QED) is 0.252. The summed E-state index contributed by atoms with van der Waals surface area (Å²) in [6.45, 7) is 7.33. The first-order valence-corrected chi connectivity index (χ1v) is 11.3. The molecule has 1 atom stereocenters. The Labute approximate surface area is 196 Å². The molecule has 0 saturated carbocycles. The first kappa shape index (κ1) is 24.1. The Morgan fingerprint density at radius 3 is 2.66 bits per heavy atom. The lowest BCUT2D eigenvalue weighted by atomic mass is 10.1. The van der Waals surface area contributed by atoms with E-state index in [1.165, 1.54) is 34.0 Å². The van der Waals surface area contributed by atoms with Gasteiger partial charge in [-0.2, -0.15) is 5.10 Å². The van der Waals surface area contributed by atoms with Crippen molar-refractivity contribution < 1.29 is 0 Å². The predicted octanol–water partition coefficient (Wildman–Crippen LogP) is 4.35. The van der Waals surface area contributed by atoms with Gasteiger partial charge in [0.2, 0.25) is 0 Å². The van der Waals surface area contributed by atoms with Crippen LogP contribution in [-0.4, -0.2) is 46.5 Å². The lowest BCUT2D eigenvalue weighted by molar-refractivity contribution is 0.474. The number of nitrogens with zero attached hydrogens (tertiary/aromatic N) is 4. The van der Waals surface area contributed by atoms with Crippen molar-refractivity contribution >= 4 is 41.7 Å². The van der Waals surface area contributed by atoms with Gasteiger partial charge in [-0.1, -0.05) is 32.0 Å². The number of aryl methyl sites for hydroxylation is 2. The predicted molar refractivity (Wildman–Crippen MR) is 134 cm³/mol. The van der Waals surface area contributed by atoms with Crippen LogP contribution in [0, 0.1) is 5.92 Å². The Bertz CT molecular complexity index is 790. The zero-order chi connectivity index (χ0) is 19.9. The van der Waals surface area contributed by atoms with Gasteiger partial charge in [0, 0.05) is 55.6 Å². The number of hydrogen-bond acceptors (Lipinski definition) is 3. The fraction of sp³-hybridized carbons (Fsp3) is 0.545. The molecular weight excluding hydrogens is 493 g/mol. The molecule has 0 spiro atoms. The van der Waals surface area contributed by atoms with E-state index in [4.69, 9.17) is 0 Å². The average molecular weight is 528 g/mol. The molecule has 1 aromatic carbocycles. The fourth-order valence-corrected chi connectivity index (χ4v) is 5.04. The van der Waals surface area contributed by atoms with Crippen LogP contribution in [0.3, 0.4) is 0 Å². The van der Waals surface area contributed by atoms with Gasteiger partial charge < -0.3 is 10.2 Å². The number of halogens is 1. The van der Waals surface area contributed by atoms with E-state index in [9.17, 15) is 0 Å². The Morgan fingerprint density at radius 1 is 1.24 bits per heavy atom. The van der Waals surface area contributed by atoms with Crippen molar-refractivity contribution in [3.05, 3.63) is 47.3 Å². The maximum Gasteiger partial charge on any atom is 0.193 e. The van der Waals surface area contributed by atoms with E-state index in [-0.39, 0.29) is 24.0 Å².